The zero-order valence-electron chi connectivity index (χ0n) is 13.6. The Morgan fingerprint density at radius 3 is 2.75 bits per heavy atom. The van der Waals surface area contributed by atoms with Crippen molar-refractivity contribution in [1.29, 1.82) is 0 Å². The molecule has 0 fully saturated rings. The monoisotopic (exact) mass is 382 g/mol. The van der Waals surface area contributed by atoms with Crippen molar-refractivity contribution in [3.05, 3.63) is 58.3 Å². The van der Waals surface area contributed by atoms with Crippen LogP contribution in [0.3, 0.4) is 0 Å². The standard InChI is InChI=1S/C19H19BrN4/c1-13-5-7-16(8-6-13)24-19-17(4-2-3-9-22-19)18(23-24)14-10-15(20)12-21-11-14/h5-8,10-12,22H,2-4,9H2,1H3. The maximum absolute atomic E-state index is 4.94. The third-order valence-electron chi connectivity index (χ3n) is 4.39. The molecule has 5 heteroatoms. The van der Waals surface area contributed by atoms with Gasteiger partial charge in [-0.2, -0.15) is 5.10 Å². The van der Waals surface area contributed by atoms with Crippen molar-refractivity contribution in [3.63, 3.8) is 0 Å². The molecular formula is C19H19BrN4. The predicted octanol–water partition coefficient (Wildman–Crippen LogP) is 4.75. The van der Waals surface area contributed by atoms with Crippen molar-refractivity contribution in [1.82, 2.24) is 14.8 Å². The summed E-state index contributed by atoms with van der Waals surface area (Å²) < 4.78 is 3.01. The Bertz CT molecular complexity index is 868. The first kappa shape index (κ1) is 15.4. The quantitative estimate of drug-likeness (QED) is 0.694. The molecule has 0 saturated heterocycles. The highest BCUT2D eigenvalue weighted by Gasteiger charge is 2.21. The highest BCUT2D eigenvalue weighted by Crippen LogP contribution is 2.34. The molecule has 0 saturated carbocycles. The van der Waals surface area contributed by atoms with E-state index in [2.05, 4.69) is 63.5 Å². The second-order valence-corrected chi connectivity index (χ2v) is 7.11. The van der Waals surface area contributed by atoms with E-state index in [0.29, 0.717) is 0 Å². The first-order valence-corrected chi connectivity index (χ1v) is 9.05. The Labute approximate surface area is 150 Å². The van der Waals surface area contributed by atoms with Gasteiger partial charge in [0, 0.05) is 34.5 Å². The van der Waals surface area contributed by atoms with Crippen molar-refractivity contribution < 1.29 is 0 Å². The molecule has 0 atom stereocenters. The molecule has 0 aliphatic carbocycles. The van der Waals surface area contributed by atoms with Gasteiger partial charge in [-0.05, 0) is 60.3 Å². The molecule has 1 aliphatic heterocycles. The van der Waals surface area contributed by atoms with E-state index in [1.165, 1.54) is 24.0 Å². The van der Waals surface area contributed by atoms with Crippen LogP contribution in [0.15, 0.2) is 47.2 Å². The van der Waals surface area contributed by atoms with E-state index >= 15 is 0 Å². The predicted molar refractivity (Wildman–Crippen MR) is 101 cm³/mol. The third-order valence-corrected chi connectivity index (χ3v) is 4.82. The smallest absolute Gasteiger partial charge is 0.133 e. The van der Waals surface area contributed by atoms with Crippen LogP contribution >= 0.6 is 15.9 Å². The van der Waals surface area contributed by atoms with Gasteiger partial charge in [-0.3, -0.25) is 4.98 Å². The lowest BCUT2D eigenvalue weighted by Crippen LogP contribution is -2.07. The molecule has 1 aliphatic rings. The van der Waals surface area contributed by atoms with Crippen LogP contribution in [0.4, 0.5) is 5.82 Å². The van der Waals surface area contributed by atoms with Gasteiger partial charge in [-0.15, -0.1) is 0 Å². The van der Waals surface area contributed by atoms with Crippen molar-refractivity contribution in [2.75, 3.05) is 11.9 Å². The van der Waals surface area contributed by atoms with Crippen molar-refractivity contribution in [2.45, 2.75) is 26.2 Å². The number of hydrogen-bond acceptors (Lipinski definition) is 3. The highest BCUT2D eigenvalue weighted by atomic mass is 79.9. The van der Waals surface area contributed by atoms with E-state index in [1.807, 2.05) is 10.9 Å². The molecule has 122 valence electrons. The molecular weight excluding hydrogens is 364 g/mol. The van der Waals surface area contributed by atoms with Gasteiger partial charge in [-0.25, -0.2) is 4.68 Å². The van der Waals surface area contributed by atoms with Gasteiger partial charge < -0.3 is 5.32 Å². The number of hydrogen-bond donors (Lipinski definition) is 1. The molecule has 0 amide bonds. The third kappa shape index (κ3) is 2.84. The Morgan fingerprint density at radius 1 is 1.12 bits per heavy atom. The minimum Gasteiger partial charge on any atom is -0.370 e. The molecule has 4 rings (SSSR count). The molecule has 24 heavy (non-hydrogen) atoms. The van der Waals surface area contributed by atoms with Crippen LogP contribution in [0.25, 0.3) is 16.9 Å². The van der Waals surface area contributed by atoms with Crippen LogP contribution in [-0.4, -0.2) is 21.3 Å². The molecule has 0 spiro atoms. The van der Waals surface area contributed by atoms with E-state index in [-0.39, 0.29) is 0 Å². The molecule has 0 unspecified atom stereocenters. The van der Waals surface area contributed by atoms with E-state index < -0.39 is 0 Å². The first-order chi connectivity index (χ1) is 11.7. The lowest BCUT2D eigenvalue weighted by molar-refractivity contribution is 0.780. The summed E-state index contributed by atoms with van der Waals surface area (Å²) in [6.07, 6.45) is 7.08. The molecule has 3 aromatic rings. The van der Waals surface area contributed by atoms with Gasteiger partial charge in [-0.1, -0.05) is 17.7 Å². The topological polar surface area (TPSA) is 42.7 Å². The Balaban J connectivity index is 1.90. The van der Waals surface area contributed by atoms with Crippen molar-refractivity contribution in [3.8, 4) is 16.9 Å². The lowest BCUT2D eigenvalue weighted by atomic mass is 10.1. The van der Waals surface area contributed by atoms with Crippen LogP contribution in [0, 0.1) is 6.92 Å². The van der Waals surface area contributed by atoms with Gasteiger partial charge >= 0.3 is 0 Å². The fraction of sp³-hybridized carbons (Fsp3) is 0.263. The van der Waals surface area contributed by atoms with Crippen LogP contribution in [-0.2, 0) is 6.42 Å². The van der Waals surface area contributed by atoms with Gasteiger partial charge in [0.25, 0.3) is 0 Å². The minimum absolute atomic E-state index is 0.972. The summed E-state index contributed by atoms with van der Waals surface area (Å²) in [5, 5.41) is 8.52. The molecule has 2 aromatic heterocycles. The van der Waals surface area contributed by atoms with Crippen molar-refractivity contribution in [2.24, 2.45) is 0 Å². The van der Waals surface area contributed by atoms with Gasteiger partial charge in [0.05, 0.1) is 11.4 Å². The number of anilines is 1. The summed E-state index contributed by atoms with van der Waals surface area (Å²) in [6, 6.07) is 10.6. The van der Waals surface area contributed by atoms with Crippen LogP contribution in [0.1, 0.15) is 24.0 Å². The van der Waals surface area contributed by atoms with Crippen LogP contribution < -0.4 is 5.32 Å². The molecule has 1 aromatic carbocycles. The SMILES string of the molecule is Cc1ccc(-n2nc(-c3cncc(Br)c3)c3c2NCCCC3)cc1. The summed E-state index contributed by atoms with van der Waals surface area (Å²) >= 11 is 3.52. The average molecular weight is 383 g/mol. The number of halogens is 1. The number of nitrogens with zero attached hydrogens (tertiary/aromatic N) is 3. The Kier molecular flexibility index (Phi) is 4.10. The summed E-state index contributed by atoms with van der Waals surface area (Å²) in [4.78, 5) is 4.31. The maximum Gasteiger partial charge on any atom is 0.133 e. The fourth-order valence-electron chi connectivity index (χ4n) is 3.15. The van der Waals surface area contributed by atoms with Gasteiger partial charge in [0.1, 0.15) is 5.82 Å². The van der Waals surface area contributed by atoms with Gasteiger partial charge in [0.2, 0.25) is 0 Å². The summed E-state index contributed by atoms with van der Waals surface area (Å²) in [5.74, 6) is 1.12. The fourth-order valence-corrected chi connectivity index (χ4v) is 3.51. The van der Waals surface area contributed by atoms with Crippen LogP contribution in [0.2, 0.25) is 0 Å². The summed E-state index contributed by atoms with van der Waals surface area (Å²) in [5.41, 5.74) is 5.69. The molecule has 1 N–H and O–H groups in total. The minimum atomic E-state index is 0.972. The number of nitrogens with one attached hydrogen (secondary N) is 1. The van der Waals surface area contributed by atoms with E-state index in [1.54, 1.807) is 6.20 Å². The van der Waals surface area contributed by atoms with E-state index in [4.69, 9.17) is 5.10 Å². The molecule has 0 radical (unpaired) electrons. The zero-order chi connectivity index (χ0) is 16.5. The van der Waals surface area contributed by atoms with E-state index in [0.717, 1.165) is 40.2 Å². The zero-order valence-corrected chi connectivity index (χ0v) is 15.2. The van der Waals surface area contributed by atoms with Crippen molar-refractivity contribution >= 4 is 21.7 Å². The number of benzene rings is 1. The number of rotatable bonds is 2. The maximum atomic E-state index is 4.94. The number of aromatic nitrogens is 3. The highest BCUT2D eigenvalue weighted by molar-refractivity contribution is 9.10. The van der Waals surface area contributed by atoms with Crippen LogP contribution in [0.5, 0.6) is 0 Å². The van der Waals surface area contributed by atoms with E-state index in [9.17, 15) is 0 Å². The lowest BCUT2D eigenvalue weighted by Gasteiger charge is -2.09. The first-order valence-electron chi connectivity index (χ1n) is 8.26. The Hall–Kier alpha value is -2.14. The summed E-state index contributed by atoms with van der Waals surface area (Å²) in [6.45, 7) is 3.09. The largest absolute Gasteiger partial charge is 0.370 e. The molecule has 3 heterocycles. The Morgan fingerprint density at radius 2 is 1.96 bits per heavy atom. The second-order valence-electron chi connectivity index (χ2n) is 6.20. The van der Waals surface area contributed by atoms with Gasteiger partial charge in [0.15, 0.2) is 0 Å². The average Bonchev–Trinajstić information content (AvgIpc) is 2.77. The summed E-state index contributed by atoms with van der Waals surface area (Å²) in [7, 11) is 0. The molecule has 0 bridgehead atoms. The normalized spacial score (nSPS) is 13.9. The number of aryl methyl sites for hydroxylation is 1. The number of fused-ring (bicyclic) bond motifs is 1. The second kappa shape index (κ2) is 6.40. The number of pyridine rings is 1. The molecule has 4 nitrogen and oxygen atoms in total.